The van der Waals surface area contributed by atoms with Crippen molar-refractivity contribution in [1.82, 2.24) is 5.32 Å². The fraction of sp³-hybridized carbons (Fsp3) is 0.286. The number of Topliss-reactive ketones (excluding diaryl/α,β-unsaturated/α-hetero) is 1. The molecule has 0 spiro atoms. The predicted molar refractivity (Wildman–Crippen MR) is 99.9 cm³/mol. The zero-order valence-electron chi connectivity index (χ0n) is 14.8. The smallest absolute Gasteiger partial charge is 0.227 e. The van der Waals surface area contributed by atoms with E-state index in [1.807, 2.05) is 24.3 Å². The summed E-state index contributed by atoms with van der Waals surface area (Å²) in [6.45, 7) is 0.410. The molecule has 6 nitrogen and oxygen atoms in total. The van der Waals surface area contributed by atoms with E-state index < -0.39 is 6.04 Å². The molecule has 0 fully saturated rings. The van der Waals surface area contributed by atoms with E-state index in [1.54, 1.807) is 29.2 Å². The minimum absolute atomic E-state index is 0.0208. The van der Waals surface area contributed by atoms with E-state index in [2.05, 4.69) is 5.32 Å². The van der Waals surface area contributed by atoms with Crippen LogP contribution in [0.4, 0.5) is 5.69 Å². The number of ketones is 1. The first-order valence-corrected chi connectivity index (χ1v) is 9.07. The summed E-state index contributed by atoms with van der Waals surface area (Å²) in [5, 5.41) is 2.74. The molecule has 2 aliphatic rings. The van der Waals surface area contributed by atoms with E-state index in [-0.39, 0.29) is 30.6 Å². The number of rotatable bonds is 4. The first-order valence-electron chi connectivity index (χ1n) is 9.07. The maximum Gasteiger partial charge on any atom is 0.227 e. The van der Waals surface area contributed by atoms with Gasteiger partial charge in [-0.05, 0) is 30.2 Å². The van der Waals surface area contributed by atoms with Gasteiger partial charge in [0.25, 0.3) is 0 Å². The van der Waals surface area contributed by atoms with Crippen LogP contribution in [0.1, 0.15) is 28.8 Å². The van der Waals surface area contributed by atoms with Crippen molar-refractivity contribution in [2.45, 2.75) is 25.3 Å². The fourth-order valence-electron chi connectivity index (χ4n) is 3.56. The predicted octanol–water partition coefficient (Wildman–Crippen LogP) is 2.12. The number of fused-ring (bicyclic) bond motifs is 2. The molecule has 0 radical (unpaired) electrons. The van der Waals surface area contributed by atoms with Crippen LogP contribution >= 0.6 is 0 Å². The molecule has 1 atom stereocenters. The zero-order chi connectivity index (χ0) is 18.8. The second-order valence-corrected chi connectivity index (χ2v) is 6.72. The van der Waals surface area contributed by atoms with Crippen molar-refractivity contribution in [2.24, 2.45) is 0 Å². The largest absolute Gasteiger partial charge is 0.490 e. The molecule has 2 heterocycles. The Morgan fingerprint density at radius 1 is 1.07 bits per heavy atom. The number of para-hydroxylation sites is 2. The standard InChI is InChI=1S/C21H20N2O4/c24-19(22-16-13-27-18-8-4-2-6-15(18)21(16)26)11-12-23-17-7-3-1-5-14(17)9-10-20(23)25/h1-8,16H,9-13H2,(H,22,24). The first-order chi connectivity index (χ1) is 13.1. The summed E-state index contributed by atoms with van der Waals surface area (Å²) >= 11 is 0. The third kappa shape index (κ3) is 3.43. The minimum atomic E-state index is -0.697. The summed E-state index contributed by atoms with van der Waals surface area (Å²) in [5.74, 6) is 0.146. The van der Waals surface area contributed by atoms with Gasteiger partial charge in [0.1, 0.15) is 18.4 Å². The van der Waals surface area contributed by atoms with Crippen molar-refractivity contribution in [2.75, 3.05) is 18.1 Å². The average molecular weight is 364 g/mol. The summed E-state index contributed by atoms with van der Waals surface area (Å²) in [6, 6.07) is 14.1. The molecule has 0 saturated heterocycles. The Morgan fingerprint density at radius 3 is 2.74 bits per heavy atom. The van der Waals surface area contributed by atoms with Crippen LogP contribution in [-0.2, 0) is 16.0 Å². The van der Waals surface area contributed by atoms with E-state index in [9.17, 15) is 14.4 Å². The molecule has 2 aromatic carbocycles. The monoisotopic (exact) mass is 364 g/mol. The minimum Gasteiger partial charge on any atom is -0.490 e. The molecule has 27 heavy (non-hydrogen) atoms. The lowest BCUT2D eigenvalue weighted by molar-refractivity contribution is -0.121. The molecule has 1 N–H and O–H groups in total. The molecule has 1 unspecified atom stereocenters. The highest BCUT2D eigenvalue weighted by atomic mass is 16.5. The van der Waals surface area contributed by atoms with Crippen LogP contribution in [0.2, 0.25) is 0 Å². The van der Waals surface area contributed by atoms with Crippen molar-refractivity contribution in [3.63, 3.8) is 0 Å². The van der Waals surface area contributed by atoms with Crippen molar-refractivity contribution in [3.8, 4) is 5.75 Å². The Morgan fingerprint density at radius 2 is 1.85 bits per heavy atom. The van der Waals surface area contributed by atoms with Crippen LogP contribution in [-0.4, -0.2) is 36.8 Å². The number of carbonyl (C=O) groups is 3. The molecule has 0 saturated carbocycles. The van der Waals surface area contributed by atoms with Gasteiger partial charge < -0.3 is 15.0 Å². The van der Waals surface area contributed by atoms with Crippen LogP contribution in [0.25, 0.3) is 0 Å². The van der Waals surface area contributed by atoms with E-state index in [0.29, 0.717) is 24.3 Å². The van der Waals surface area contributed by atoms with Crippen LogP contribution in [0.5, 0.6) is 5.75 Å². The Balaban J connectivity index is 1.38. The van der Waals surface area contributed by atoms with Gasteiger partial charge in [0, 0.05) is 25.1 Å². The molecular weight excluding hydrogens is 344 g/mol. The average Bonchev–Trinajstić information content (AvgIpc) is 2.69. The summed E-state index contributed by atoms with van der Waals surface area (Å²) in [5.41, 5.74) is 2.46. The number of amides is 2. The van der Waals surface area contributed by atoms with Gasteiger partial charge in [-0.3, -0.25) is 14.4 Å². The number of benzene rings is 2. The first kappa shape index (κ1) is 17.3. The Kier molecular flexibility index (Phi) is 4.62. The molecule has 2 amide bonds. The SMILES string of the molecule is O=C(CCN1C(=O)CCc2ccccc21)NC1COc2ccccc2C1=O. The number of ether oxygens (including phenoxy) is 1. The van der Waals surface area contributed by atoms with Gasteiger partial charge in [0.05, 0.1) is 5.56 Å². The highest BCUT2D eigenvalue weighted by Crippen LogP contribution is 2.27. The van der Waals surface area contributed by atoms with Gasteiger partial charge in [-0.1, -0.05) is 30.3 Å². The molecule has 0 aromatic heterocycles. The van der Waals surface area contributed by atoms with E-state index in [1.165, 1.54) is 0 Å². The zero-order valence-corrected chi connectivity index (χ0v) is 14.8. The number of aryl methyl sites for hydroxylation is 1. The Bertz CT molecular complexity index is 909. The lowest BCUT2D eigenvalue weighted by atomic mass is 10.0. The van der Waals surface area contributed by atoms with Gasteiger partial charge in [-0.25, -0.2) is 0 Å². The van der Waals surface area contributed by atoms with Crippen molar-refractivity contribution < 1.29 is 19.1 Å². The fourth-order valence-corrected chi connectivity index (χ4v) is 3.56. The number of hydrogen-bond acceptors (Lipinski definition) is 4. The topological polar surface area (TPSA) is 75.7 Å². The number of nitrogens with one attached hydrogen (secondary N) is 1. The normalized spacial score (nSPS) is 18.4. The molecule has 0 aliphatic carbocycles. The lowest BCUT2D eigenvalue weighted by Crippen LogP contribution is -2.48. The number of anilines is 1. The summed E-state index contributed by atoms with van der Waals surface area (Å²) in [7, 11) is 0. The van der Waals surface area contributed by atoms with E-state index in [4.69, 9.17) is 4.74 Å². The van der Waals surface area contributed by atoms with Crippen molar-refractivity contribution in [3.05, 3.63) is 59.7 Å². The van der Waals surface area contributed by atoms with Crippen LogP contribution < -0.4 is 15.0 Å². The maximum atomic E-state index is 12.5. The second-order valence-electron chi connectivity index (χ2n) is 6.72. The molecule has 4 rings (SSSR count). The summed E-state index contributed by atoms with van der Waals surface area (Å²) in [4.78, 5) is 38.8. The van der Waals surface area contributed by atoms with Crippen molar-refractivity contribution >= 4 is 23.3 Å². The molecule has 2 aliphatic heterocycles. The van der Waals surface area contributed by atoms with E-state index >= 15 is 0 Å². The number of carbonyl (C=O) groups excluding carboxylic acids is 3. The third-order valence-corrected chi connectivity index (χ3v) is 4.96. The summed E-state index contributed by atoms with van der Waals surface area (Å²) < 4.78 is 5.57. The lowest BCUT2D eigenvalue weighted by Gasteiger charge is -2.29. The number of hydrogen-bond donors (Lipinski definition) is 1. The highest BCUT2D eigenvalue weighted by molar-refractivity contribution is 6.05. The van der Waals surface area contributed by atoms with Gasteiger partial charge >= 0.3 is 0 Å². The molecule has 2 aromatic rings. The van der Waals surface area contributed by atoms with Crippen LogP contribution in [0.3, 0.4) is 0 Å². The van der Waals surface area contributed by atoms with Gasteiger partial charge in [0.2, 0.25) is 11.8 Å². The van der Waals surface area contributed by atoms with Crippen LogP contribution in [0, 0.1) is 0 Å². The van der Waals surface area contributed by atoms with Gasteiger partial charge in [-0.15, -0.1) is 0 Å². The maximum absolute atomic E-state index is 12.5. The van der Waals surface area contributed by atoms with Gasteiger partial charge in [-0.2, -0.15) is 0 Å². The second kappa shape index (κ2) is 7.23. The Hall–Kier alpha value is -3.15. The third-order valence-electron chi connectivity index (χ3n) is 4.96. The molecule has 6 heteroatoms. The van der Waals surface area contributed by atoms with Gasteiger partial charge in [0.15, 0.2) is 5.78 Å². The molecular formula is C21H20N2O4. The van der Waals surface area contributed by atoms with Crippen molar-refractivity contribution in [1.29, 1.82) is 0 Å². The Labute approximate surface area is 157 Å². The molecule has 0 bridgehead atoms. The summed E-state index contributed by atoms with van der Waals surface area (Å²) in [6.07, 6.45) is 1.31. The quantitative estimate of drug-likeness (QED) is 0.902. The molecule has 138 valence electrons. The van der Waals surface area contributed by atoms with E-state index in [0.717, 1.165) is 17.7 Å². The number of nitrogens with zero attached hydrogens (tertiary/aromatic N) is 1. The highest BCUT2D eigenvalue weighted by Gasteiger charge is 2.30. The van der Waals surface area contributed by atoms with Crippen LogP contribution in [0.15, 0.2) is 48.5 Å².